The van der Waals surface area contributed by atoms with Gasteiger partial charge in [-0.05, 0) is 48.2 Å². The Morgan fingerprint density at radius 1 is 0.889 bits per heavy atom. The Balaban J connectivity index is 1.40. The fourth-order valence-corrected chi connectivity index (χ4v) is 5.61. The van der Waals surface area contributed by atoms with E-state index in [2.05, 4.69) is 63.6 Å². The summed E-state index contributed by atoms with van der Waals surface area (Å²) in [6.07, 6.45) is 2.41. The molecule has 1 atom stereocenters. The summed E-state index contributed by atoms with van der Waals surface area (Å²) in [5.74, 6) is 1.000. The van der Waals surface area contributed by atoms with Gasteiger partial charge in [-0.1, -0.05) is 60.7 Å². The molecule has 1 aliphatic heterocycles. The van der Waals surface area contributed by atoms with Gasteiger partial charge in [0.1, 0.15) is 0 Å². The number of carbonyl (C=O) groups excluding carboxylic acids is 2. The molecule has 0 aromatic heterocycles. The van der Waals surface area contributed by atoms with Gasteiger partial charge in [-0.15, -0.1) is 11.8 Å². The molecule has 5 nitrogen and oxygen atoms in total. The van der Waals surface area contributed by atoms with Gasteiger partial charge >= 0.3 is 0 Å². The number of amides is 2. The average molecular weight is 502 g/mol. The van der Waals surface area contributed by atoms with Gasteiger partial charge in [0.25, 0.3) is 0 Å². The number of benzene rings is 3. The summed E-state index contributed by atoms with van der Waals surface area (Å²) in [7, 11) is 0. The Morgan fingerprint density at radius 2 is 1.56 bits per heavy atom. The van der Waals surface area contributed by atoms with Gasteiger partial charge in [0.15, 0.2) is 0 Å². The highest BCUT2D eigenvalue weighted by Crippen LogP contribution is 2.25. The molecule has 0 saturated carbocycles. The molecule has 1 aliphatic rings. The first-order chi connectivity index (χ1) is 17.6. The zero-order valence-corrected chi connectivity index (χ0v) is 21.8. The molecule has 1 saturated heterocycles. The zero-order valence-electron chi connectivity index (χ0n) is 20.9. The van der Waals surface area contributed by atoms with Crippen molar-refractivity contribution in [1.82, 2.24) is 9.80 Å². The van der Waals surface area contributed by atoms with E-state index in [1.807, 2.05) is 36.4 Å². The normalized spacial score (nSPS) is 15.4. The number of nitrogens with one attached hydrogen (secondary N) is 1. The van der Waals surface area contributed by atoms with Gasteiger partial charge in [-0.25, -0.2) is 0 Å². The van der Waals surface area contributed by atoms with E-state index in [0.717, 1.165) is 55.4 Å². The number of hydrogen-bond acceptors (Lipinski definition) is 4. The molecule has 0 spiro atoms. The van der Waals surface area contributed by atoms with Crippen molar-refractivity contribution in [3.8, 4) is 0 Å². The van der Waals surface area contributed by atoms with E-state index >= 15 is 0 Å². The van der Waals surface area contributed by atoms with Crippen LogP contribution >= 0.6 is 11.8 Å². The quantitative estimate of drug-likeness (QED) is 0.392. The standard InChI is InChI=1S/C30H35N3O2S/c1-24(34)31-27-12-14-29(15-13-27)36-23-28(22-26-10-6-3-7-11-26)33-21-20-32(19-17-30(33)35)18-16-25-8-4-2-5-9-25/h2-15,28H,16-23H2,1H3,(H,31,34)/t28-/m0/s1. The number of thioether (sulfide) groups is 1. The van der Waals surface area contributed by atoms with Gasteiger partial charge < -0.3 is 15.1 Å². The van der Waals surface area contributed by atoms with Gasteiger partial charge in [-0.3, -0.25) is 9.59 Å². The maximum atomic E-state index is 13.3. The van der Waals surface area contributed by atoms with Gasteiger partial charge in [0, 0.05) is 61.9 Å². The molecule has 1 fully saturated rings. The van der Waals surface area contributed by atoms with Crippen molar-refractivity contribution in [3.63, 3.8) is 0 Å². The lowest BCUT2D eigenvalue weighted by atomic mass is 10.1. The van der Waals surface area contributed by atoms with Crippen LogP contribution in [0.4, 0.5) is 5.69 Å². The molecule has 3 aromatic carbocycles. The maximum Gasteiger partial charge on any atom is 0.224 e. The predicted molar refractivity (Wildman–Crippen MR) is 148 cm³/mol. The molecule has 1 heterocycles. The predicted octanol–water partition coefficient (Wildman–Crippen LogP) is 5.13. The third-order valence-electron chi connectivity index (χ3n) is 6.55. The Kier molecular flexibility index (Phi) is 9.59. The molecule has 0 radical (unpaired) electrons. The summed E-state index contributed by atoms with van der Waals surface area (Å²) in [5, 5.41) is 2.81. The molecule has 1 N–H and O–H groups in total. The highest BCUT2D eigenvalue weighted by molar-refractivity contribution is 7.99. The van der Waals surface area contributed by atoms with E-state index in [1.165, 1.54) is 18.1 Å². The van der Waals surface area contributed by atoms with E-state index in [4.69, 9.17) is 0 Å². The Hall–Kier alpha value is -3.09. The van der Waals surface area contributed by atoms with Crippen LogP contribution in [0.2, 0.25) is 0 Å². The molecule has 3 aromatic rings. The van der Waals surface area contributed by atoms with Crippen LogP contribution in [0, 0.1) is 0 Å². The minimum atomic E-state index is -0.0733. The Labute approximate surface area is 218 Å². The topological polar surface area (TPSA) is 52.7 Å². The van der Waals surface area contributed by atoms with Crippen LogP contribution < -0.4 is 5.32 Å². The summed E-state index contributed by atoms with van der Waals surface area (Å²) in [6, 6.07) is 29.1. The lowest BCUT2D eigenvalue weighted by molar-refractivity contribution is -0.132. The zero-order chi connectivity index (χ0) is 25.2. The lowest BCUT2D eigenvalue weighted by Crippen LogP contribution is -2.44. The van der Waals surface area contributed by atoms with Crippen molar-refractivity contribution < 1.29 is 9.59 Å². The van der Waals surface area contributed by atoms with E-state index in [0.29, 0.717) is 6.42 Å². The summed E-state index contributed by atoms with van der Waals surface area (Å²) in [4.78, 5) is 30.3. The average Bonchev–Trinajstić information content (AvgIpc) is 3.08. The van der Waals surface area contributed by atoms with Crippen LogP contribution in [0.1, 0.15) is 24.5 Å². The summed E-state index contributed by atoms with van der Waals surface area (Å²) < 4.78 is 0. The minimum Gasteiger partial charge on any atom is -0.337 e. The molecule has 36 heavy (non-hydrogen) atoms. The summed E-state index contributed by atoms with van der Waals surface area (Å²) in [6.45, 7) is 4.97. The van der Waals surface area contributed by atoms with Crippen molar-refractivity contribution in [1.29, 1.82) is 0 Å². The molecule has 0 unspecified atom stereocenters. The van der Waals surface area contributed by atoms with E-state index in [-0.39, 0.29) is 17.9 Å². The first-order valence-electron chi connectivity index (χ1n) is 12.7. The highest BCUT2D eigenvalue weighted by Gasteiger charge is 2.27. The third-order valence-corrected chi connectivity index (χ3v) is 7.71. The first-order valence-corrected chi connectivity index (χ1v) is 13.7. The van der Waals surface area contributed by atoms with Crippen molar-refractivity contribution in [2.45, 2.75) is 37.1 Å². The highest BCUT2D eigenvalue weighted by atomic mass is 32.2. The van der Waals surface area contributed by atoms with Crippen molar-refractivity contribution in [2.24, 2.45) is 0 Å². The largest absolute Gasteiger partial charge is 0.337 e. The third kappa shape index (κ3) is 7.97. The summed E-state index contributed by atoms with van der Waals surface area (Å²) >= 11 is 1.77. The SMILES string of the molecule is CC(=O)Nc1ccc(SC[C@H](Cc2ccccc2)N2CCN(CCc3ccccc3)CCC2=O)cc1. The maximum absolute atomic E-state index is 13.3. The van der Waals surface area contributed by atoms with Gasteiger partial charge in [-0.2, -0.15) is 0 Å². The van der Waals surface area contributed by atoms with Crippen LogP contribution in [0.5, 0.6) is 0 Å². The number of carbonyl (C=O) groups is 2. The Morgan fingerprint density at radius 3 is 2.22 bits per heavy atom. The van der Waals surface area contributed by atoms with Crippen LogP contribution in [-0.2, 0) is 22.4 Å². The molecule has 0 aliphatic carbocycles. The van der Waals surface area contributed by atoms with Gasteiger partial charge in [0.2, 0.25) is 11.8 Å². The first kappa shape index (κ1) is 26.0. The Bertz CT molecular complexity index is 1110. The lowest BCUT2D eigenvalue weighted by Gasteiger charge is -2.31. The van der Waals surface area contributed by atoms with E-state index in [9.17, 15) is 9.59 Å². The second-order valence-electron chi connectivity index (χ2n) is 9.27. The monoisotopic (exact) mass is 501 g/mol. The second kappa shape index (κ2) is 13.3. The molecule has 0 bridgehead atoms. The number of anilines is 1. The van der Waals surface area contributed by atoms with E-state index in [1.54, 1.807) is 11.8 Å². The number of rotatable bonds is 10. The van der Waals surface area contributed by atoms with Crippen LogP contribution in [0.3, 0.4) is 0 Å². The molecular weight excluding hydrogens is 466 g/mol. The fourth-order valence-electron chi connectivity index (χ4n) is 4.60. The second-order valence-corrected chi connectivity index (χ2v) is 10.4. The van der Waals surface area contributed by atoms with Crippen molar-refractivity contribution in [3.05, 3.63) is 96.1 Å². The number of nitrogens with zero attached hydrogens (tertiary/aromatic N) is 2. The van der Waals surface area contributed by atoms with E-state index < -0.39 is 0 Å². The van der Waals surface area contributed by atoms with Crippen LogP contribution in [0.25, 0.3) is 0 Å². The fraction of sp³-hybridized carbons (Fsp3) is 0.333. The number of hydrogen-bond donors (Lipinski definition) is 1. The molecule has 4 rings (SSSR count). The minimum absolute atomic E-state index is 0.0733. The smallest absolute Gasteiger partial charge is 0.224 e. The van der Waals surface area contributed by atoms with Crippen LogP contribution in [-0.4, -0.2) is 59.6 Å². The molecule has 6 heteroatoms. The van der Waals surface area contributed by atoms with Crippen LogP contribution in [0.15, 0.2) is 89.8 Å². The van der Waals surface area contributed by atoms with Crippen molar-refractivity contribution in [2.75, 3.05) is 37.2 Å². The molecular formula is C30H35N3O2S. The molecule has 188 valence electrons. The van der Waals surface area contributed by atoms with Crippen molar-refractivity contribution >= 4 is 29.3 Å². The molecule has 2 amide bonds. The summed E-state index contributed by atoms with van der Waals surface area (Å²) in [5.41, 5.74) is 3.39. The van der Waals surface area contributed by atoms with Gasteiger partial charge in [0.05, 0.1) is 0 Å².